The van der Waals surface area contributed by atoms with E-state index in [9.17, 15) is 10.1 Å². The Morgan fingerprint density at radius 2 is 2.26 bits per heavy atom. The first-order valence-corrected chi connectivity index (χ1v) is 7.15. The zero-order valence-electron chi connectivity index (χ0n) is 10.8. The van der Waals surface area contributed by atoms with Gasteiger partial charge in [-0.1, -0.05) is 0 Å². The summed E-state index contributed by atoms with van der Waals surface area (Å²) in [5.41, 5.74) is 0.631. The Kier molecular flexibility index (Phi) is 4.71. The summed E-state index contributed by atoms with van der Waals surface area (Å²) in [7, 11) is 0. The number of hydrogen-bond donors (Lipinski definition) is 2. The average molecular weight is 329 g/mol. The molecular weight excluding hydrogens is 312 g/mol. The van der Waals surface area contributed by atoms with Gasteiger partial charge in [-0.05, 0) is 48.7 Å². The molecule has 1 aliphatic carbocycles. The van der Waals surface area contributed by atoms with Gasteiger partial charge >= 0.3 is 0 Å². The lowest BCUT2D eigenvalue weighted by Crippen LogP contribution is -2.20. The summed E-state index contributed by atoms with van der Waals surface area (Å²) in [5, 5.41) is 17.4. The van der Waals surface area contributed by atoms with E-state index < -0.39 is 4.92 Å². The Bertz CT molecular complexity index is 477. The molecule has 0 bridgehead atoms. The summed E-state index contributed by atoms with van der Waals surface area (Å²) < 4.78 is 0.664. The van der Waals surface area contributed by atoms with Gasteiger partial charge in [0.05, 0.1) is 9.40 Å². The lowest BCUT2D eigenvalue weighted by molar-refractivity contribution is -0.385. The van der Waals surface area contributed by atoms with Gasteiger partial charge in [-0.2, -0.15) is 0 Å². The highest BCUT2D eigenvalue weighted by molar-refractivity contribution is 9.10. The predicted molar refractivity (Wildman–Crippen MR) is 77.5 cm³/mol. The van der Waals surface area contributed by atoms with Crippen LogP contribution in [0.3, 0.4) is 0 Å². The van der Waals surface area contributed by atoms with Gasteiger partial charge in [0, 0.05) is 18.2 Å². The quantitative estimate of drug-likeness (QED) is 0.457. The fourth-order valence-corrected chi connectivity index (χ4v) is 2.21. The molecule has 19 heavy (non-hydrogen) atoms. The monoisotopic (exact) mass is 328 g/mol. The maximum Gasteiger partial charge on any atom is 0.291 e. The zero-order chi connectivity index (χ0) is 13.8. The molecule has 6 nitrogen and oxygen atoms in total. The van der Waals surface area contributed by atoms with E-state index in [-0.39, 0.29) is 5.69 Å². The van der Waals surface area contributed by atoms with Gasteiger partial charge in [0.25, 0.3) is 5.69 Å². The Morgan fingerprint density at radius 3 is 2.89 bits per heavy atom. The van der Waals surface area contributed by atoms with Gasteiger partial charge in [0.15, 0.2) is 0 Å². The van der Waals surface area contributed by atoms with Gasteiger partial charge in [-0.25, -0.2) is 4.98 Å². The number of nitro groups is 1. The summed E-state index contributed by atoms with van der Waals surface area (Å²) in [6.45, 7) is 3.49. The first-order chi connectivity index (χ1) is 9.09. The Balaban J connectivity index is 1.85. The molecule has 2 rings (SSSR count). The SMILES string of the molecule is Cc1c([N+](=O)[O-])cnc(NCCCNC2CC2)c1Br. The van der Waals surface area contributed by atoms with Crippen molar-refractivity contribution >= 4 is 27.4 Å². The number of nitrogens with one attached hydrogen (secondary N) is 2. The number of rotatable bonds is 7. The minimum absolute atomic E-state index is 0.0350. The van der Waals surface area contributed by atoms with E-state index in [2.05, 4.69) is 31.5 Å². The molecule has 104 valence electrons. The van der Waals surface area contributed by atoms with Crippen molar-refractivity contribution in [3.8, 4) is 0 Å². The topological polar surface area (TPSA) is 80.1 Å². The molecule has 0 saturated heterocycles. The lowest BCUT2D eigenvalue weighted by atomic mass is 10.2. The number of hydrogen-bond acceptors (Lipinski definition) is 5. The molecule has 0 unspecified atom stereocenters. The zero-order valence-corrected chi connectivity index (χ0v) is 12.4. The van der Waals surface area contributed by atoms with E-state index in [0.717, 1.165) is 25.6 Å². The van der Waals surface area contributed by atoms with Crippen LogP contribution < -0.4 is 10.6 Å². The van der Waals surface area contributed by atoms with Crippen molar-refractivity contribution < 1.29 is 4.92 Å². The van der Waals surface area contributed by atoms with E-state index in [0.29, 0.717) is 15.9 Å². The predicted octanol–water partition coefficient (Wildman–Crippen LogP) is 2.61. The minimum Gasteiger partial charge on any atom is -0.369 e. The molecule has 7 heteroatoms. The van der Waals surface area contributed by atoms with Crippen molar-refractivity contribution in [2.24, 2.45) is 0 Å². The van der Waals surface area contributed by atoms with Crippen LogP contribution in [0.15, 0.2) is 10.7 Å². The maximum absolute atomic E-state index is 10.8. The molecule has 1 aromatic heterocycles. The van der Waals surface area contributed by atoms with Gasteiger partial charge in [0.1, 0.15) is 12.0 Å². The summed E-state index contributed by atoms with van der Waals surface area (Å²) in [5.74, 6) is 0.662. The molecular formula is C12H17BrN4O2. The van der Waals surface area contributed by atoms with Gasteiger partial charge in [-0.15, -0.1) is 0 Å². The van der Waals surface area contributed by atoms with Crippen molar-refractivity contribution in [3.05, 3.63) is 26.3 Å². The van der Waals surface area contributed by atoms with Crippen LogP contribution in [-0.2, 0) is 0 Å². The van der Waals surface area contributed by atoms with Crippen molar-refractivity contribution in [2.45, 2.75) is 32.2 Å². The molecule has 2 N–H and O–H groups in total. The first-order valence-electron chi connectivity index (χ1n) is 6.36. The van der Waals surface area contributed by atoms with Crippen LogP contribution in [0.5, 0.6) is 0 Å². The third kappa shape index (κ3) is 3.87. The Hall–Kier alpha value is -1.21. The summed E-state index contributed by atoms with van der Waals surface area (Å²) in [6, 6.07) is 0.728. The molecule has 1 heterocycles. The van der Waals surface area contributed by atoms with Crippen LogP contribution in [0.4, 0.5) is 11.5 Å². The van der Waals surface area contributed by atoms with E-state index in [1.807, 2.05) is 0 Å². The largest absolute Gasteiger partial charge is 0.369 e. The maximum atomic E-state index is 10.8. The first kappa shape index (κ1) is 14.2. The summed E-state index contributed by atoms with van der Waals surface area (Å²) in [6.07, 6.45) is 4.88. The molecule has 0 radical (unpaired) electrons. The fourth-order valence-electron chi connectivity index (χ4n) is 1.77. The molecule has 0 atom stereocenters. The number of anilines is 1. The molecule has 0 spiro atoms. The molecule has 0 aliphatic heterocycles. The highest BCUT2D eigenvalue weighted by atomic mass is 79.9. The molecule has 1 fully saturated rings. The second-order valence-electron chi connectivity index (χ2n) is 4.70. The second-order valence-corrected chi connectivity index (χ2v) is 5.49. The number of pyridine rings is 1. The van der Waals surface area contributed by atoms with Crippen LogP contribution in [0, 0.1) is 17.0 Å². The second kappa shape index (κ2) is 6.29. The molecule has 1 saturated carbocycles. The van der Waals surface area contributed by atoms with Gasteiger partial charge in [-0.3, -0.25) is 10.1 Å². The number of halogens is 1. The van der Waals surface area contributed by atoms with E-state index in [1.165, 1.54) is 19.0 Å². The third-order valence-electron chi connectivity index (χ3n) is 3.09. The van der Waals surface area contributed by atoms with Crippen LogP contribution in [0.1, 0.15) is 24.8 Å². The summed E-state index contributed by atoms with van der Waals surface area (Å²) >= 11 is 3.36. The van der Waals surface area contributed by atoms with E-state index in [4.69, 9.17) is 0 Å². The van der Waals surface area contributed by atoms with Crippen LogP contribution in [0.25, 0.3) is 0 Å². The highest BCUT2D eigenvalue weighted by Gasteiger charge is 2.19. The van der Waals surface area contributed by atoms with Crippen molar-refractivity contribution in [2.75, 3.05) is 18.4 Å². The van der Waals surface area contributed by atoms with Crippen molar-refractivity contribution in [1.29, 1.82) is 0 Å². The molecule has 0 amide bonds. The third-order valence-corrected chi connectivity index (χ3v) is 4.06. The molecule has 1 aliphatic rings. The molecule has 1 aromatic rings. The highest BCUT2D eigenvalue weighted by Crippen LogP contribution is 2.30. The fraction of sp³-hybridized carbons (Fsp3) is 0.583. The van der Waals surface area contributed by atoms with Crippen LogP contribution in [-0.4, -0.2) is 29.0 Å². The smallest absolute Gasteiger partial charge is 0.291 e. The standard InChI is InChI=1S/C12H17BrN4O2/c1-8-10(17(18)19)7-16-12(11(8)13)15-6-2-5-14-9-3-4-9/h7,9,14H,2-6H2,1H3,(H,15,16). The van der Waals surface area contributed by atoms with Crippen molar-refractivity contribution in [1.82, 2.24) is 10.3 Å². The number of aromatic nitrogens is 1. The normalized spacial score (nSPS) is 14.4. The Morgan fingerprint density at radius 1 is 1.53 bits per heavy atom. The van der Waals surface area contributed by atoms with Gasteiger partial charge < -0.3 is 10.6 Å². The Labute approximate surface area is 120 Å². The van der Waals surface area contributed by atoms with E-state index >= 15 is 0 Å². The van der Waals surface area contributed by atoms with Crippen molar-refractivity contribution in [3.63, 3.8) is 0 Å². The summed E-state index contributed by atoms with van der Waals surface area (Å²) in [4.78, 5) is 14.4. The molecule has 0 aromatic carbocycles. The minimum atomic E-state index is -0.420. The van der Waals surface area contributed by atoms with Gasteiger partial charge in [0.2, 0.25) is 0 Å². The van der Waals surface area contributed by atoms with E-state index in [1.54, 1.807) is 6.92 Å². The van der Waals surface area contributed by atoms with Crippen LogP contribution >= 0.6 is 15.9 Å². The average Bonchev–Trinajstić information content (AvgIpc) is 3.17. The lowest BCUT2D eigenvalue weighted by Gasteiger charge is -2.09. The number of nitrogens with zero attached hydrogens (tertiary/aromatic N) is 2. The van der Waals surface area contributed by atoms with Crippen LogP contribution in [0.2, 0.25) is 0 Å².